The van der Waals surface area contributed by atoms with Gasteiger partial charge in [-0.1, -0.05) is 24.3 Å². The molecule has 2 aromatic rings. The van der Waals surface area contributed by atoms with Gasteiger partial charge in [0, 0.05) is 6.54 Å². The Labute approximate surface area is 137 Å². The van der Waals surface area contributed by atoms with E-state index in [-0.39, 0.29) is 19.6 Å². The van der Waals surface area contributed by atoms with Crippen molar-refractivity contribution in [3.63, 3.8) is 0 Å². The van der Waals surface area contributed by atoms with Crippen molar-refractivity contribution in [1.82, 2.24) is 4.90 Å². The first-order valence-corrected chi connectivity index (χ1v) is 7.41. The lowest BCUT2D eigenvalue weighted by Gasteiger charge is -2.13. The number of carbonyl (C=O) groups excluding carboxylic acids is 3. The number of fused-ring (bicyclic) bond motifs is 1. The molecule has 0 aliphatic carbocycles. The lowest BCUT2D eigenvalue weighted by atomic mass is 10.1. The molecule has 24 heavy (non-hydrogen) atoms. The molecule has 0 fully saturated rings. The van der Waals surface area contributed by atoms with Gasteiger partial charge in [-0.15, -0.1) is 0 Å². The molecular weight excluding hydrogens is 313 g/mol. The van der Waals surface area contributed by atoms with Gasteiger partial charge < -0.3 is 4.74 Å². The number of ether oxygens (including phenoxy) is 1. The van der Waals surface area contributed by atoms with Gasteiger partial charge in [0.2, 0.25) is 0 Å². The summed E-state index contributed by atoms with van der Waals surface area (Å²) in [5.74, 6) is -1.78. The maximum absolute atomic E-state index is 13.0. The van der Waals surface area contributed by atoms with Gasteiger partial charge in [0.15, 0.2) is 0 Å². The van der Waals surface area contributed by atoms with Gasteiger partial charge in [0.25, 0.3) is 11.8 Å². The molecule has 0 unspecified atom stereocenters. The van der Waals surface area contributed by atoms with E-state index < -0.39 is 23.6 Å². The van der Waals surface area contributed by atoms with Crippen molar-refractivity contribution < 1.29 is 23.5 Å². The van der Waals surface area contributed by atoms with Crippen LogP contribution in [0.4, 0.5) is 4.39 Å². The predicted octanol–water partition coefficient (Wildman–Crippen LogP) is 2.56. The summed E-state index contributed by atoms with van der Waals surface area (Å²) in [6.07, 6.45) is -0.110. The highest BCUT2D eigenvalue weighted by molar-refractivity contribution is 6.21. The van der Waals surface area contributed by atoms with Gasteiger partial charge in [-0.2, -0.15) is 0 Å². The molecule has 0 bridgehead atoms. The van der Waals surface area contributed by atoms with Crippen molar-refractivity contribution >= 4 is 17.8 Å². The van der Waals surface area contributed by atoms with Gasteiger partial charge in [0.1, 0.15) is 12.4 Å². The zero-order chi connectivity index (χ0) is 17.1. The van der Waals surface area contributed by atoms with Gasteiger partial charge in [0.05, 0.1) is 17.5 Å². The first-order chi connectivity index (χ1) is 11.6. The molecule has 5 nitrogen and oxygen atoms in total. The van der Waals surface area contributed by atoms with Crippen LogP contribution in [-0.4, -0.2) is 29.2 Å². The molecule has 3 rings (SSSR count). The normalized spacial score (nSPS) is 13.1. The standard InChI is InChI=1S/C18H14FNO4/c19-13-5-3-4-12(10-13)11-24-16(21)8-9-20-17(22)14-6-1-2-7-15(14)18(20)23/h1-7,10H,8-9,11H2. The van der Waals surface area contributed by atoms with Crippen LogP contribution >= 0.6 is 0 Å². The Morgan fingerprint density at radius 3 is 2.29 bits per heavy atom. The van der Waals surface area contributed by atoms with E-state index in [1.54, 1.807) is 30.3 Å². The number of amides is 2. The van der Waals surface area contributed by atoms with Gasteiger partial charge >= 0.3 is 5.97 Å². The van der Waals surface area contributed by atoms with Crippen LogP contribution in [-0.2, 0) is 16.1 Å². The first kappa shape index (κ1) is 15.9. The highest BCUT2D eigenvalue weighted by atomic mass is 19.1. The fraction of sp³-hybridized carbons (Fsp3) is 0.167. The molecule has 0 aromatic heterocycles. The zero-order valence-electron chi connectivity index (χ0n) is 12.7. The summed E-state index contributed by atoms with van der Waals surface area (Å²) in [5.41, 5.74) is 1.22. The summed E-state index contributed by atoms with van der Waals surface area (Å²) in [6, 6.07) is 12.3. The van der Waals surface area contributed by atoms with Crippen molar-refractivity contribution in [2.75, 3.05) is 6.54 Å². The molecule has 0 radical (unpaired) electrons. The third-order valence-electron chi connectivity index (χ3n) is 3.71. The summed E-state index contributed by atoms with van der Waals surface area (Å²) >= 11 is 0. The molecular formula is C18H14FNO4. The maximum atomic E-state index is 13.0. The number of carbonyl (C=O) groups is 3. The minimum Gasteiger partial charge on any atom is -0.461 e. The van der Waals surface area contributed by atoms with E-state index in [9.17, 15) is 18.8 Å². The van der Waals surface area contributed by atoms with Crippen LogP contribution in [0.3, 0.4) is 0 Å². The van der Waals surface area contributed by atoms with Crippen molar-refractivity contribution in [2.24, 2.45) is 0 Å². The lowest BCUT2D eigenvalue weighted by molar-refractivity contribution is -0.145. The quantitative estimate of drug-likeness (QED) is 0.625. The van der Waals surface area contributed by atoms with Crippen LogP contribution in [0.1, 0.15) is 32.7 Å². The second-order valence-corrected chi connectivity index (χ2v) is 5.35. The number of esters is 1. The molecule has 1 heterocycles. The summed E-state index contributed by atoms with van der Waals surface area (Å²) in [4.78, 5) is 37.1. The second kappa shape index (κ2) is 6.62. The van der Waals surface area contributed by atoms with E-state index in [4.69, 9.17) is 4.74 Å². The number of hydrogen-bond donors (Lipinski definition) is 0. The predicted molar refractivity (Wildman–Crippen MR) is 82.6 cm³/mol. The monoisotopic (exact) mass is 327 g/mol. The van der Waals surface area contributed by atoms with Crippen molar-refractivity contribution in [1.29, 1.82) is 0 Å². The highest BCUT2D eigenvalue weighted by Crippen LogP contribution is 2.22. The number of nitrogens with zero attached hydrogens (tertiary/aromatic N) is 1. The molecule has 122 valence electrons. The molecule has 0 spiro atoms. The van der Waals surface area contributed by atoms with Gasteiger partial charge in [-0.05, 0) is 29.8 Å². The molecule has 1 aliphatic heterocycles. The topological polar surface area (TPSA) is 63.7 Å². The largest absolute Gasteiger partial charge is 0.461 e. The molecule has 0 atom stereocenters. The van der Waals surface area contributed by atoms with Crippen LogP contribution < -0.4 is 0 Å². The summed E-state index contributed by atoms with van der Waals surface area (Å²) in [7, 11) is 0. The zero-order valence-corrected chi connectivity index (χ0v) is 12.7. The number of hydrogen-bond acceptors (Lipinski definition) is 4. The molecule has 2 aromatic carbocycles. The molecule has 1 aliphatic rings. The Hall–Kier alpha value is -3.02. The van der Waals surface area contributed by atoms with E-state index >= 15 is 0 Å². The fourth-order valence-corrected chi connectivity index (χ4v) is 2.51. The molecule has 0 N–H and O–H groups in total. The summed E-state index contributed by atoms with van der Waals surface area (Å²) in [5, 5.41) is 0. The third kappa shape index (κ3) is 3.17. The fourth-order valence-electron chi connectivity index (χ4n) is 2.51. The van der Waals surface area contributed by atoms with Crippen LogP contribution in [0, 0.1) is 5.82 Å². The maximum Gasteiger partial charge on any atom is 0.307 e. The van der Waals surface area contributed by atoms with E-state index in [1.807, 2.05) is 0 Å². The Morgan fingerprint density at radius 2 is 1.67 bits per heavy atom. The SMILES string of the molecule is O=C(CCN1C(=O)c2ccccc2C1=O)OCc1cccc(F)c1. The van der Waals surface area contributed by atoms with Crippen molar-refractivity contribution in [3.05, 3.63) is 71.0 Å². The van der Waals surface area contributed by atoms with Gasteiger partial charge in [-0.25, -0.2) is 4.39 Å². The first-order valence-electron chi connectivity index (χ1n) is 7.41. The number of benzene rings is 2. The molecule has 6 heteroatoms. The van der Waals surface area contributed by atoms with E-state index in [0.29, 0.717) is 16.7 Å². The third-order valence-corrected chi connectivity index (χ3v) is 3.71. The van der Waals surface area contributed by atoms with Crippen LogP contribution in [0.2, 0.25) is 0 Å². The van der Waals surface area contributed by atoms with Crippen molar-refractivity contribution in [2.45, 2.75) is 13.0 Å². The Bertz CT molecular complexity index is 783. The Morgan fingerprint density at radius 1 is 1.00 bits per heavy atom. The second-order valence-electron chi connectivity index (χ2n) is 5.35. The Balaban J connectivity index is 1.54. The minimum absolute atomic E-state index is 0.0473. The van der Waals surface area contributed by atoms with Gasteiger partial charge in [-0.3, -0.25) is 19.3 Å². The number of imide groups is 1. The smallest absolute Gasteiger partial charge is 0.307 e. The molecule has 2 amide bonds. The number of rotatable bonds is 5. The van der Waals surface area contributed by atoms with Crippen LogP contribution in [0.25, 0.3) is 0 Å². The molecule has 0 saturated heterocycles. The van der Waals surface area contributed by atoms with Crippen molar-refractivity contribution in [3.8, 4) is 0 Å². The average Bonchev–Trinajstić information content (AvgIpc) is 2.83. The van der Waals surface area contributed by atoms with E-state index in [1.165, 1.54) is 18.2 Å². The minimum atomic E-state index is -0.559. The molecule has 0 saturated carbocycles. The van der Waals surface area contributed by atoms with E-state index in [0.717, 1.165) is 4.90 Å². The highest BCUT2D eigenvalue weighted by Gasteiger charge is 2.35. The lowest BCUT2D eigenvalue weighted by Crippen LogP contribution is -2.32. The summed E-state index contributed by atoms with van der Waals surface area (Å²) in [6.45, 7) is -0.104. The van der Waals surface area contributed by atoms with Crippen LogP contribution in [0.5, 0.6) is 0 Å². The van der Waals surface area contributed by atoms with E-state index in [2.05, 4.69) is 0 Å². The van der Waals surface area contributed by atoms with Crippen LogP contribution in [0.15, 0.2) is 48.5 Å². The number of halogens is 1. The average molecular weight is 327 g/mol. The summed E-state index contributed by atoms with van der Waals surface area (Å²) < 4.78 is 18.1. The Kier molecular flexibility index (Phi) is 4.37.